The van der Waals surface area contributed by atoms with E-state index >= 15 is 0 Å². The van der Waals surface area contributed by atoms with Gasteiger partial charge in [0.15, 0.2) is 5.82 Å². The molecule has 0 spiro atoms. The van der Waals surface area contributed by atoms with Gasteiger partial charge in [0.05, 0.1) is 15.7 Å². The molecule has 0 aliphatic rings. The molecule has 1 aromatic heterocycles. The molecule has 0 unspecified atom stereocenters. The zero-order chi connectivity index (χ0) is 12.4. The molecule has 0 atom stereocenters. The molecule has 0 aliphatic heterocycles. The number of nitrogens with two attached hydrogens (primary N) is 1. The second-order valence-corrected chi connectivity index (χ2v) is 4.46. The first-order valence-electron chi connectivity index (χ1n) is 5.28. The lowest BCUT2D eigenvalue weighted by molar-refractivity contribution is 0.801. The van der Waals surface area contributed by atoms with Crippen molar-refractivity contribution in [3.8, 4) is 5.69 Å². The van der Waals surface area contributed by atoms with Gasteiger partial charge in [-0.05, 0) is 24.6 Å². The zero-order valence-corrected chi connectivity index (χ0v) is 10.8. The highest BCUT2D eigenvalue weighted by Crippen LogP contribution is 2.25. The topological polar surface area (TPSA) is 56.7 Å². The molecule has 1 aromatic carbocycles. The second kappa shape index (κ2) is 4.94. The number of anilines is 1. The number of hydrogen-bond acceptors (Lipinski definition) is 3. The van der Waals surface area contributed by atoms with E-state index in [4.69, 9.17) is 28.9 Å². The van der Waals surface area contributed by atoms with E-state index in [1.807, 2.05) is 0 Å². The number of aromatic nitrogens is 3. The Morgan fingerprint density at radius 2 is 2.06 bits per heavy atom. The summed E-state index contributed by atoms with van der Waals surface area (Å²) in [4.78, 5) is 4.18. The molecule has 2 rings (SSSR count). The van der Waals surface area contributed by atoms with Gasteiger partial charge in [0, 0.05) is 6.42 Å². The fourth-order valence-electron chi connectivity index (χ4n) is 1.50. The van der Waals surface area contributed by atoms with Crippen LogP contribution in [0, 0.1) is 0 Å². The first kappa shape index (κ1) is 12.2. The summed E-state index contributed by atoms with van der Waals surface area (Å²) in [7, 11) is 0. The minimum Gasteiger partial charge on any atom is -0.368 e. The fourth-order valence-corrected chi connectivity index (χ4v) is 1.80. The van der Waals surface area contributed by atoms with Crippen LogP contribution in [-0.2, 0) is 6.42 Å². The van der Waals surface area contributed by atoms with Crippen LogP contribution in [0.2, 0.25) is 10.0 Å². The van der Waals surface area contributed by atoms with Crippen LogP contribution in [-0.4, -0.2) is 14.8 Å². The minimum atomic E-state index is 0.354. The molecule has 2 N–H and O–H groups in total. The second-order valence-electron chi connectivity index (χ2n) is 3.65. The van der Waals surface area contributed by atoms with Crippen LogP contribution < -0.4 is 5.73 Å². The van der Waals surface area contributed by atoms with Gasteiger partial charge in [-0.2, -0.15) is 9.67 Å². The fraction of sp³-hybridized carbons (Fsp3) is 0.273. The van der Waals surface area contributed by atoms with Crippen molar-refractivity contribution in [3.05, 3.63) is 34.1 Å². The summed E-state index contributed by atoms with van der Waals surface area (Å²) in [5, 5.41) is 5.29. The lowest BCUT2D eigenvalue weighted by Gasteiger charge is -2.03. The highest BCUT2D eigenvalue weighted by atomic mass is 35.5. The third kappa shape index (κ3) is 2.53. The smallest absolute Gasteiger partial charge is 0.223 e. The van der Waals surface area contributed by atoms with E-state index in [0.29, 0.717) is 16.0 Å². The van der Waals surface area contributed by atoms with E-state index in [0.717, 1.165) is 24.4 Å². The SMILES string of the molecule is CCCc1nc(N)n(-c2ccc(Cl)c(Cl)c2)n1. The largest absolute Gasteiger partial charge is 0.368 e. The van der Waals surface area contributed by atoms with Gasteiger partial charge in [-0.1, -0.05) is 30.1 Å². The van der Waals surface area contributed by atoms with Gasteiger partial charge in [0.2, 0.25) is 5.95 Å². The van der Waals surface area contributed by atoms with E-state index in [1.54, 1.807) is 22.9 Å². The summed E-state index contributed by atoms with van der Waals surface area (Å²) in [5.41, 5.74) is 6.56. The van der Waals surface area contributed by atoms with E-state index in [2.05, 4.69) is 17.0 Å². The van der Waals surface area contributed by atoms with E-state index in [9.17, 15) is 0 Å². The molecule has 1 heterocycles. The van der Waals surface area contributed by atoms with Crippen LogP contribution in [0.3, 0.4) is 0 Å². The zero-order valence-electron chi connectivity index (χ0n) is 9.32. The Hall–Kier alpha value is -1.26. The summed E-state index contributed by atoms with van der Waals surface area (Å²) < 4.78 is 1.56. The first-order chi connectivity index (χ1) is 8.11. The molecular weight excluding hydrogens is 259 g/mol. The lowest BCUT2D eigenvalue weighted by atomic mass is 10.3. The van der Waals surface area contributed by atoms with Gasteiger partial charge in [0.25, 0.3) is 0 Å². The van der Waals surface area contributed by atoms with Crippen LogP contribution in [0.25, 0.3) is 5.69 Å². The molecule has 0 aliphatic carbocycles. The van der Waals surface area contributed by atoms with Crippen molar-refractivity contribution < 1.29 is 0 Å². The summed E-state index contributed by atoms with van der Waals surface area (Å²) in [6.45, 7) is 2.07. The average Bonchev–Trinajstić information content (AvgIpc) is 2.64. The quantitative estimate of drug-likeness (QED) is 0.933. The minimum absolute atomic E-state index is 0.354. The molecule has 17 heavy (non-hydrogen) atoms. The molecule has 4 nitrogen and oxygen atoms in total. The standard InChI is InChI=1S/C11H12Cl2N4/c1-2-3-10-15-11(14)17(16-10)7-4-5-8(12)9(13)6-7/h4-6H,2-3H2,1H3,(H2,14,15,16). The first-order valence-corrected chi connectivity index (χ1v) is 6.04. The number of aryl methyl sites for hydroxylation is 1. The molecule has 0 fully saturated rings. The average molecular weight is 271 g/mol. The number of nitrogens with zero attached hydrogens (tertiary/aromatic N) is 3. The van der Waals surface area contributed by atoms with E-state index in [-0.39, 0.29) is 0 Å². The monoisotopic (exact) mass is 270 g/mol. The molecule has 90 valence electrons. The van der Waals surface area contributed by atoms with Crippen LogP contribution in [0.15, 0.2) is 18.2 Å². The Kier molecular flexibility index (Phi) is 3.54. The molecule has 0 radical (unpaired) electrons. The van der Waals surface area contributed by atoms with Gasteiger partial charge < -0.3 is 5.73 Å². The third-order valence-electron chi connectivity index (χ3n) is 2.30. The Morgan fingerprint density at radius 3 is 2.71 bits per heavy atom. The highest BCUT2D eigenvalue weighted by molar-refractivity contribution is 6.42. The van der Waals surface area contributed by atoms with E-state index in [1.165, 1.54) is 0 Å². The Bertz CT molecular complexity index is 536. The van der Waals surface area contributed by atoms with Crippen LogP contribution in [0.1, 0.15) is 19.2 Å². The summed E-state index contributed by atoms with van der Waals surface area (Å²) in [6, 6.07) is 5.22. The van der Waals surface area contributed by atoms with Gasteiger partial charge in [-0.25, -0.2) is 0 Å². The third-order valence-corrected chi connectivity index (χ3v) is 3.04. The Morgan fingerprint density at radius 1 is 1.29 bits per heavy atom. The van der Waals surface area contributed by atoms with Gasteiger partial charge in [0.1, 0.15) is 0 Å². The van der Waals surface area contributed by atoms with Crippen molar-refractivity contribution in [1.82, 2.24) is 14.8 Å². The summed E-state index contributed by atoms with van der Waals surface area (Å²) >= 11 is 11.8. The number of nitrogen functional groups attached to an aromatic ring is 1. The maximum atomic E-state index is 5.95. The van der Waals surface area contributed by atoms with E-state index < -0.39 is 0 Å². The highest BCUT2D eigenvalue weighted by Gasteiger charge is 2.09. The van der Waals surface area contributed by atoms with Gasteiger partial charge >= 0.3 is 0 Å². The Labute approximate surface area is 109 Å². The molecule has 6 heteroatoms. The number of rotatable bonds is 3. The normalized spacial score (nSPS) is 10.8. The van der Waals surface area contributed by atoms with Crippen molar-refractivity contribution in [2.75, 3.05) is 5.73 Å². The predicted octanol–water partition coefficient (Wildman–Crippen LogP) is 3.11. The van der Waals surface area contributed by atoms with Crippen molar-refractivity contribution in [2.24, 2.45) is 0 Å². The van der Waals surface area contributed by atoms with Crippen LogP contribution in [0.5, 0.6) is 0 Å². The predicted molar refractivity (Wildman–Crippen MR) is 69.8 cm³/mol. The molecule has 0 bridgehead atoms. The molecule has 0 saturated heterocycles. The van der Waals surface area contributed by atoms with Crippen molar-refractivity contribution in [2.45, 2.75) is 19.8 Å². The number of benzene rings is 1. The molecule has 0 amide bonds. The molecular formula is C11H12Cl2N4. The van der Waals surface area contributed by atoms with Crippen molar-refractivity contribution >= 4 is 29.2 Å². The summed E-state index contributed by atoms with van der Waals surface area (Å²) in [6.07, 6.45) is 1.78. The maximum absolute atomic E-state index is 5.95. The maximum Gasteiger partial charge on any atom is 0.223 e. The number of hydrogen-bond donors (Lipinski definition) is 1. The molecule has 2 aromatic rings. The molecule has 0 saturated carbocycles. The Balaban J connectivity index is 2.41. The summed E-state index contributed by atoms with van der Waals surface area (Å²) in [5.74, 6) is 1.09. The van der Waals surface area contributed by atoms with Crippen LogP contribution >= 0.6 is 23.2 Å². The van der Waals surface area contributed by atoms with Gasteiger partial charge in [-0.15, -0.1) is 5.10 Å². The van der Waals surface area contributed by atoms with Crippen molar-refractivity contribution in [3.63, 3.8) is 0 Å². The number of halogens is 2. The lowest BCUT2D eigenvalue weighted by Crippen LogP contribution is -2.02. The van der Waals surface area contributed by atoms with Crippen molar-refractivity contribution in [1.29, 1.82) is 0 Å². The van der Waals surface area contributed by atoms with Crippen LogP contribution in [0.4, 0.5) is 5.95 Å². The van der Waals surface area contributed by atoms with Gasteiger partial charge in [-0.3, -0.25) is 0 Å².